The van der Waals surface area contributed by atoms with E-state index in [1.807, 2.05) is 0 Å². The lowest BCUT2D eigenvalue weighted by Gasteiger charge is -2.29. The maximum absolute atomic E-state index is 14.3. The molecule has 2 unspecified atom stereocenters. The second kappa shape index (κ2) is 5.07. The molecule has 0 bridgehead atoms. The van der Waals surface area contributed by atoms with E-state index in [1.54, 1.807) is 6.92 Å². The van der Waals surface area contributed by atoms with Crippen molar-refractivity contribution in [1.82, 2.24) is 14.5 Å². The zero-order chi connectivity index (χ0) is 17.1. The predicted molar refractivity (Wildman–Crippen MR) is 76.5 cm³/mol. The number of aliphatic hydroxyl groups is 1. The van der Waals surface area contributed by atoms with Crippen molar-refractivity contribution in [3.05, 3.63) is 28.7 Å². The van der Waals surface area contributed by atoms with E-state index in [0.29, 0.717) is 0 Å². The molecule has 4 heterocycles. The van der Waals surface area contributed by atoms with Gasteiger partial charge in [0.15, 0.2) is 11.5 Å². The number of aliphatic hydroxyl groups excluding tert-OH is 1. The highest BCUT2D eigenvalue weighted by Gasteiger charge is 2.64. The molecular formula is C14H16FN3O6. The van der Waals surface area contributed by atoms with Crippen LogP contribution in [0.4, 0.5) is 4.39 Å². The third-order valence-electron chi connectivity index (χ3n) is 4.49. The highest BCUT2D eigenvalue weighted by atomic mass is 19.1. The van der Waals surface area contributed by atoms with E-state index in [2.05, 4.69) is 9.97 Å². The van der Waals surface area contributed by atoms with Crippen molar-refractivity contribution >= 4 is 11.0 Å². The minimum Gasteiger partial charge on any atom is -0.394 e. The largest absolute Gasteiger partial charge is 0.394 e. The second-order valence-corrected chi connectivity index (χ2v) is 5.86. The summed E-state index contributed by atoms with van der Waals surface area (Å²) in [4.78, 5) is 18.3. The summed E-state index contributed by atoms with van der Waals surface area (Å²) < 4.78 is 38.2. The third kappa shape index (κ3) is 1.91. The summed E-state index contributed by atoms with van der Waals surface area (Å²) in [6.45, 7) is 1.22. The zero-order valence-corrected chi connectivity index (χ0v) is 13.0. The monoisotopic (exact) mass is 341 g/mol. The lowest BCUT2D eigenvalue weighted by atomic mass is 10.1. The first-order valence-corrected chi connectivity index (χ1v) is 7.34. The van der Waals surface area contributed by atoms with E-state index in [0.717, 1.165) is 6.20 Å². The minimum absolute atomic E-state index is 0.0282. The maximum atomic E-state index is 14.3. The number of hydrogen-bond donors (Lipinski definition) is 2. The number of rotatable bonds is 3. The number of nitrogens with zero attached hydrogens (tertiary/aromatic N) is 2. The molecule has 0 aromatic carbocycles. The lowest BCUT2D eigenvalue weighted by Crippen LogP contribution is -2.45. The van der Waals surface area contributed by atoms with Crippen LogP contribution in [0, 0.1) is 5.82 Å². The van der Waals surface area contributed by atoms with Gasteiger partial charge in [0.05, 0.1) is 19.5 Å². The summed E-state index contributed by atoms with van der Waals surface area (Å²) in [5.74, 6) is -2.15. The van der Waals surface area contributed by atoms with Crippen LogP contribution in [0.1, 0.15) is 6.92 Å². The van der Waals surface area contributed by atoms with E-state index in [4.69, 9.17) is 18.9 Å². The number of nitrogens with one attached hydrogen (secondary N) is 1. The van der Waals surface area contributed by atoms with Crippen molar-refractivity contribution in [2.45, 2.75) is 30.8 Å². The minimum atomic E-state index is -1.41. The Morgan fingerprint density at radius 1 is 1.62 bits per heavy atom. The summed E-state index contributed by atoms with van der Waals surface area (Å²) in [5, 5.41) is 9.34. The van der Waals surface area contributed by atoms with E-state index >= 15 is 0 Å². The molecule has 4 rings (SSSR count). The number of aromatic nitrogens is 3. The van der Waals surface area contributed by atoms with Gasteiger partial charge in [0.2, 0.25) is 5.72 Å². The van der Waals surface area contributed by atoms with Crippen LogP contribution >= 0.6 is 0 Å². The summed E-state index contributed by atoms with van der Waals surface area (Å²) >= 11 is 0. The standard InChI is InChI=1S/C14H16FN3O6/c1-13(21-2)23-10-8(4-19)22-5-14(10,24-13)18-3-7(15)9-11(18)16-6-17-12(9)20/h3,6,8,10,19H,4-5H2,1-2H3,(H,16,17,20)/t8?,10-,13?,14-/m1/s1. The van der Waals surface area contributed by atoms with Crippen molar-refractivity contribution in [3.63, 3.8) is 0 Å². The number of fused-ring (bicyclic) bond motifs is 2. The topological polar surface area (TPSA) is 108 Å². The molecule has 10 heteroatoms. The summed E-state index contributed by atoms with van der Waals surface area (Å²) in [6, 6.07) is 0. The number of hydrogen-bond acceptors (Lipinski definition) is 7. The fraction of sp³-hybridized carbons (Fsp3) is 0.571. The van der Waals surface area contributed by atoms with Gasteiger partial charge >= 0.3 is 0 Å². The molecule has 130 valence electrons. The molecule has 2 saturated heterocycles. The molecule has 2 aliphatic rings. The average molecular weight is 341 g/mol. The molecule has 2 aromatic heterocycles. The molecule has 2 aliphatic heterocycles. The van der Waals surface area contributed by atoms with Crippen molar-refractivity contribution in [2.75, 3.05) is 20.3 Å². The molecular weight excluding hydrogens is 325 g/mol. The van der Waals surface area contributed by atoms with Gasteiger partial charge in [-0.2, -0.15) is 0 Å². The zero-order valence-electron chi connectivity index (χ0n) is 13.0. The SMILES string of the molecule is COC1(C)O[C@@H]2C(CO)OC[C@@]2(n2cc(F)c3c(=O)[nH]cnc32)O1. The van der Waals surface area contributed by atoms with E-state index in [9.17, 15) is 14.3 Å². The highest BCUT2D eigenvalue weighted by Crippen LogP contribution is 2.47. The van der Waals surface area contributed by atoms with Gasteiger partial charge in [-0.05, 0) is 0 Å². The Kier molecular flexibility index (Phi) is 3.31. The number of H-pyrrole nitrogens is 1. The Hall–Kier alpha value is -1.85. The Morgan fingerprint density at radius 2 is 2.42 bits per heavy atom. The van der Waals surface area contributed by atoms with Gasteiger partial charge in [-0.1, -0.05) is 0 Å². The molecule has 0 amide bonds. The molecule has 2 fully saturated rings. The normalized spacial score (nSPS) is 35.7. The third-order valence-corrected chi connectivity index (χ3v) is 4.49. The van der Waals surface area contributed by atoms with Crippen molar-refractivity contribution < 1.29 is 28.4 Å². The van der Waals surface area contributed by atoms with Gasteiger partial charge in [0, 0.05) is 20.2 Å². The van der Waals surface area contributed by atoms with Gasteiger partial charge in [0.25, 0.3) is 11.5 Å². The Labute approximate surface area is 134 Å². The second-order valence-electron chi connectivity index (χ2n) is 5.86. The van der Waals surface area contributed by atoms with Crippen LogP contribution in [0.25, 0.3) is 11.0 Å². The quantitative estimate of drug-likeness (QED) is 0.785. The molecule has 0 aliphatic carbocycles. The maximum Gasteiger partial charge on any atom is 0.282 e. The first-order chi connectivity index (χ1) is 11.4. The van der Waals surface area contributed by atoms with Crippen molar-refractivity contribution in [3.8, 4) is 0 Å². The van der Waals surface area contributed by atoms with Crippen LogP contribution in [-0.2, 0) is 24.7 Å². The van der Waals surface area contributed by atoms with E-state index in [-0.39, 0.29) is 24.2 Å². The smallest absolute Gasteiger partial charge is 0.282 e. The van der Waals surface area contributed by atoms with Crippen LogP contribution in [0.2, 0.25) is 0 Å². The molecule has 2 N–H and O–H groups in total. The van der Waals surface area contributed by atoms with Gasteiger partial charge < -0.3 is 24.3 Å². The van der Waals surface area contributed by atoms with Crippen LogP contribution in [0.5, 0.6) is 0 Å². The summed E-state index contributed by atoms with van der Waals surface area (Å²) in [6.07, 6.45) is 0.832. The first-order valence-electron chi connectivity index (χ1n) is 7.34. The van der Waals surface area contributed by atoms with Gasteiger partial charge in [0.1, 0.15) is 17.6 Å². The molecule has 24 heavy (non-hydrogen) atoms. The molecule has 0 saturated carbocycles. The predicted octanol–water partition coefficient (Wildman–Crippen LogP) is -0.357. The molecule has 9 nitrogen and oxygen atoms in total. The molecule has 4 atom stereocenters. The molecule has 0 radical (unpaired) electrons. The fourth-order valence-electron chi connectivity index (χ4n) is 3.33. The summed E-state index contributed by atoms with van der Waals surface area (Å²) in [7, 11) is 1.40. The van der Waals surface area contributed by atoms with Gasteiger partial charge in [-0.15, -0.1) is 0 Å². The number of ether oxygens (including phenoxy) is 4. The van der Waals surface area contributed by atoms with Crippen LogP contribution < -0.4 is 5.56 Å². The van der Waals surface area contributed by atoms with Crippen LogP contribution in [0.3, 0.4) is 0 Å². The Balaban J connectivity index is 1.94. The average Bonchev–Trinajstić information content (AvgIpc) is 3.16. The Morgan fingerprint density at radius 3 is 3.12 bits per heavy atom. The fourth-order valence-corrected chi connectivity index (χ4v) is 3.33. The first kappa shape index (κ1) is 15.7. The summed E-state index contributed by atoms with van der Waals surface area (Å²) in [5.41, 5.74) is -1.83. The molecule has 2 aromatic rings. The van der Waals surface area contributed by atoms with Gasteiger partial charge in [-0.3, -0.25) is 14.1 Å². The van der Waals surface area contributed by atoms with Gasteiger partial charge in [-0.25, -0.2) is 9.37 Å². The number of methoxy groups -OCH3 is 1. The number of aromatic amines is 1. The highest BCUT2D eigenvalue weighted by molar-refractivity contribution is 5.76. The molecule has 0 spiro atoms. The van der Waals surface area contributed by atoms with E-state index in [1.165, 1.54) is 18.0 Å². The van der Waals surface area contributed by atoms with Crippen molar-refractivity contribution in [2.24, 2.45) is 0 Å². The number of halogens is 1. The Bertz CT molecular complexity index is 853. The van der Waals surface area contributed by atoms with Crippen molar-refractivity contribution in [1.29, 1.82) is 0 Å². The van der Waals surface area contributed by atoms with Crippen LogP contribution in [-0.4, -0.2) is 58.1 Å². The van der Waals surface area contributed by atoms with Crippen LogP contribution in [0.15, 0.2) is 17.3 Å². The van der Waals surface area contributed by atoms with E-state index < -0.39 is 35.3 Å². The lowest BCUT2D eigenvalue weighted by molar-refractivity contribution is -0.344.